The maximum atomic E-state index is 5.45. The van der Waals surface area contributed by atoms with E-state index in [4.69, 9.17) is 5.73 Å². The van der Waals surface area contributed by atoms with Gasteiger partial charge in [0.2, 0.25) is 6.39 Å². The number of aliphatic imine (C=N–C) groups is 1. The lowest BCUT2D eigenvalue weighted by Crippen LogP contribution is -2.09. The standard InChI is InChI=1S/C6H10N4O/c1-2-5(7)8-3-6-9-4-11-10-6/h4H,2-3H2,1H3,(H2,7,8). The molecular weight excluding hydrogens is 144 g/mol. The molecule has 0 saturated heterocycles. The molecule has 0 aliphatic carbocycles. The molecule has 0 aromatic carbocycles. The molecule has 0 spiro atoms. The van der Waals surface area contributed by atoms with Gasteiger partial charge < -0.3 is 10.3 Å². The van der Waals surface area contributed by atoms with E-state index < -0.39 is 0 Å². The topological polar surface area (TPSA) is 77.3 Å². The highest BCUT2D eigenvalue weighted by Crippen LogP contribution is 1.91. The van der Waals surface area contributed by atoms with Gasteiger partial charge in [-0.15, -0.1) is 0 Å². The van der Waals surface area contributed by atoms with Crippen LogP contribution in [0.1, 0.15) is 19.2 Å². The van der Waals surface area contributed by atoms with Crippen molar-refractivity contribution in [2.45, 2.75) is 19.9 Å². The molecule has 5 nitrogen and oxygen atoms in total. The summed E-state index contributed by atoms with van der Waals surface area (Å²) in [5, 5.41) is 3.57. The van der Waals surface area contributed by atoms with Crippen LogP contribution in [0.3, 0.4) is 0 Å². The van der Waals surface area contributed by atoms with Gasteiger partial charge in [0.05, 0.1) is 5.84 Å². The van der Waals surface area contributed by atoms with Gasteiger partial charge in [0.15, 0.2) is 5.82 Å². The van der Waals surface area contributed by atoms with Gasteiger partial charge in [0.25, 0.3) is 0 Å². The third kappa shape index (κ3) is 2.37. The van der Waals surface area contributed by atoms with Gasteiger partial charge in [-0.3, -0.25) is 4.99 Å². The zero-order valence-corrected chi connectivity index (χ0v) is 6.32. The second-order valence-electron chi connectivity index (χ2n) is 2.01. The van der Waals surface area contributed by atoms with E-state index >= 15 is 0 Å². The number of nitrogens with two attached hydrogens (primary N) is 1. The number of rotatable bonds is 3. The van der Waals surface area contributed by atoms with E-state index in [0.29, 0.717) is 18.2 Å². The van der Waals surface area contributed by atoms with Gasteiger partial charge in [-0.1, -0.05) is 12.1 Å². The van der Waals surface area contributed by atoms with E-state index in [2.05, 4.69) is 19.7 Å². The molecule has 11 heavy (non-hydrogen) atoms. The van der Waals surface area contributed by atoms with Crippen LogP contribution in [0.15, 0.2) is 15.9 Å². The maximum Gasteiger partial charge on any atom is 0.213 e. The van der Waals surface area contributed by atoms with E-state index in [0.717, 1.165) is 6.42 Å². The van der Waals surface area contributed by atoms with Crippen LogP contribution in [0, 0.1) is 0 Å². The van der Waals surface area contributed by atoms with Gasteiger partial charge in [-0.05, 0) is 0 Å². The Bertz CT molecular complexity index is 229. The Labute approximate surface area is 64.3 Å². The smallest absolute Gasteiger partial charge is 0.213 e. The van der Waals surface area contributed by atoms with E-state index in [9.17, 15) is 0 Å². The molecule has 0 fully saturated rings. The van der Waals surface area contributed by atoms with Crippen LogP contribution in [-0.2, 0) is 6.54 Å². The quantitative estimate of drug-likeness (QED) is 0.503. The predicted octanol–water partition coefficient (Wildman–Crippen LogP) is 0.337. The Kier molecular flexibility index (Phi) is 2.59. The first kappa shape index (κ1) is 7.71. The Morgan fingerprint density at radius 2 is 2.64 bits per heavy atom. The minimum Gasteiger partial charge on any atom is -0.387 e. The first-order valence-corrected chi connectivity index (χ1v) is 3.37. The van der Waals surface area contributed by atoms with Gasteiger partial charge in [-0.2, -0.15) is 4.98 Å². The van der Waals surface area contributed by atoms with E-state index in [-0.39, 0.29) is 0 Å². The normalized spacial score (nSPS) is 11.9. The van der Waals surface area contributed by atoms with Crippen molar-refractivity contribution < 1.29 is 4.52 Å². The molecule has 60 valence electrons. The Hall–Kier alpha value is -1.39. The zero-order valence-electron chi connectivity index (χ0n) is 6.32. The summed E-state index contributed by atoms with van der Waals surface area (Å²) in [7, 11) is 0. The minimum atomic E-state index is 0.399. The predicted molar refractivity (Wildman–Crippen MR) is 39.9 cm³/mol. The average molecular weight is 154 g/mol. The molecular formula is C6H10N4O. The van der Waals surface area contributed by atoms with Crippen molar-refractivity contribution in [2.75, 3.05) is 0 Å². The van der Waals surface area contributed by atoms with Crippen molar-refractivity contribution in [3.05, 3.63) is 12.2 Å². The lowest BCUT2D eigenvalue weighted by molar-refractivity contribution is 0.410. The Balaban J connectivity index is 2.45. The average Bonchev–Trinajstić information content (AvgIpc) is 2.52. The van der Waals surface area contributed by atoms with Crippen LogP contribution in [0.2, 0.25) is 0 Å². The van der Waals surface area contributed by atoms with Crippen LogP contribution < -0.4 is 5.73 Å². The second kappa shape index (κ2) is 3.70. The van der Waals surface area contributed by atoms with Crippen molar-refractivity contribution in [3.8, 4) is 0 Å². The Morgan fingerprint density at radius 1 is 1.82 bits per heavy atom. The fourth-order valence-corrected chi connectivity index (χ4v) is 0.546. The molecule has 1 heterocycles. The molecule has 5 heteroatoms. The monoisotopic (exact) mass is 154 g/mol. The van der Waals surface area contributed by atoms with Crippen molar-refractivity contribution in [1.82, 2.24) is 10.1 Å². The van der Waals surface area contributed by atoms with Crippen LogP contribution in [0.4, 0.5) is 0 Å². The molecule has 1 rings (SSSR count). The van der Waals surface area contributed by atoms with Crippen LogP contribution in [0.25, 0.3) is 0 Å². The Morgan fingerprint density at radius 3 is 3.18 bits per heavy atom. The van der Waals surface area contributed by atoms with Crippen LogP contribution in [0.5, 0.6) is 0 Å². The molecule has 0 bridgehead atoms. The molecule has 0 saturated carbocycles. The number of amidine groups is 1. The third-order valence-corrected chi connectivity index (χ3v) is 1.19. The summed E-state index contributed by atoms with van der Waals surface area (Å²) in [4.78, 5) is 7.78. The van der Waals surface area contributed by atoms with Crippen LogP contribution >= 0.6 is 0 Å². The third-order valence-electron chi connectivity index (χ3n) is 1.19. The highest BCUT2D eigenvalue weighted by Gasteiger charge is 1.95. The minimum absolute atomic E-state index is 0.399. The summed E-state index contributed by atoms with van der Waals surface area (Å²) < 4.78 is 4.51. The lowest BCUT2D eigenvalue weighted by atomic mass is 10.4. The molecule has 0 unspecified atom stereocenters. The number of nitrogens with zero attached hydrogens (tertiary/aromatic N) is 3. The zero-order chi connectivity index (χ0) is 8.10. The van der Waals surface area contributed by atoms with Gasteiger partial charge >= 0.3 is 0 Å². The van der Waals surface area contributed by atoms with E-state index in [1.54, 1.807) is 0 Å². The van der Waals surface area contributed by atoms with Crippen molar-refractivity contribution in [1.29, 1.82) is 0 Å². The van der Waals surface area contributed by atoms with E-state index in [1.807, 2.05) is 6.92 Å². The van der Waals surface area contributed by atoms with Gasteiger partial charge in [-0.25, -0.2) is 0 Å². The summed E-state index contributed by atoms with van der Waals surface area (Å²) in [5.41, 5.74) is 5.45. The summed E-state index contributed by atoms with van der Waals surface area (Å²) in [6, 6.07) is 0. The van der Waals surface area contributed by atoms with Crippen LogP contribution in [-0.4, -0.2) is 16.0 Å². The number of hydrogen-bond acceptors (Lipinski definition) is 4. The fourth-order valence-electron chi connectivity index (χ4n) is 0.546. The summed E-state index contributed by atoms with van der Waals surface area (Å²) in [6.45, 7) is 2.34. The largest absolute Gasteiger partial charge is 0.387 e. The summed E-state index contributed by atoms with van der Waals surface area (Å²) in [6.07, 6.45) is 2.02. The lowest BCUT2D eigenvalue weighted by Gasteiger charge is -1.91. The van der Waals surface area contributed by atoms with Crippen molar-refractivity contribution in [2.24, 2.45) is 10.7 Å². The molecule has 2 N–H and O–H groups in total. The maximum absolute atomic E-state index is 5.45. The van der Waals surface area contributed by atoms with Crippen molar-refractivity contribution >= 4 is 5.84 Å². The first-order valence-electron chi connectivity index (χ1n) is 3.37. The summed E-state index contributed by atoms with van der Waals surface area (Å²) >= 11 is 0. The first-order chi connectivity index (χ1) is 5.33. The molecule has 0 atom stereocenters. The fraction of sp³-hybridized carbons (Fsp3) is 0.500. The molecule has 1 aromatic heterocycles. The highest BCUT2D eigenvalue weighted by molar-refractivity contribution is 5.79. The molecule has 0 aliphatic heterocycles. The van der Waals surface area contributed by atoms with Gasteiger partial charge in [0, 0.05) is 6.42 Å². The van der Waals surface area contributed by atoms with Gasteiger partial charge in [0.1, 0.15) is 6.54 Å². The van der Waals surface area contributed by atoms with E-state index in [1.165, 1.54) is 6.39 Å². The highest BCUT2D eigenvalue weighted by atomic mass is 16.5. The SMILES string of the molecule is CCC(N)=NCc1ncon1. The number of aromatic nitrogens is 2. The molecule has 0 amide bonds. The van der Waals surface area contributed by atoms with Crippen molar-refractivity contribution in [3.63, 3.8) is 0 Å². The molecule has 1 aromatic rings. The number of hydrogen-bond donors (Lipinski definition) is 1. The second-order valence-corrected chi connectivity index (χ2v) is 2.01. The molecule has 0 radical (unpaired) electrons. The summed E-state index contributed by atoms with van der Waals surface area (Å²) in [5.74, 6) is 1.16. The molecule has 0 aliphatic rings.